The highest BCUT2D eigenvalue weighted by Crippen LogP contribution is 2.20. The van der Waals surface area contributed by atoms with Gasteiger partial charge in [-0.05, 0) is 39.3 Å². The second kappa shape index (κ2) is 4.62. The van der Waals surface area contributed by atoms with Crippen LogP contribution < -0.4 is 4.90 Å². The normalized spacial score (nSPS) is 11.5. The number of aromatic nitrogens is 1. The SMILES string of the molecule is CCN(CC(C)(C)O)c1ccncc1C. The maximum atomic E-state index is 9.81. The van der Waals surface area contributed by atoms with Crippen LogP contribution in [0.15, 0.2) is 18.5 Å². The molecule has 0 aromatic carbocycles. The molecular weight excluding hydrogens is 188 g/mol. The van der Waals surface area contributed by atoms with Crippen LogP contribution in [0.3, 0.4) is 0 Å². The summed E-state index contributed by atoms with van der Waals surface area (Å²) in [4.78, 5) is 6.23. The van der Waals surface area contributed by atoms with E-state index in [2.05, 4.69) is 16.8 Å². The van der Waals surface area contributed by atoms with Crippen molar-refractivity contribution < 1.29 is 5.11 Å². The van der Waals surface area contributed by atoms with Gasteiger partial charge < -0.3 is 10.0 Å². The highest BCUT2D eigenvalue weighted by Gasteiger charge is 2.18. The summed E-state index contributed by atoms with van der Waals surface area (Å²) in [6.45, 7) is 9.29. The van der Waals surface area contributed by atoms with Crippen molar-refractivity contribution in [3.8, 4) is 0 Å². The summed E-state index contributed by atoms with van der Waals surface area (Å²) in [7, 11) is 0. The molecule has 0 saturated carbocycles. The number of rotatable bonds is 4. The lowest BCUT2D eigenvalue weighted by Crippen LogP contribution is -2.38. The maximum Gasteiger partial charge on any atom is 0.0765 e. The third-order valence-electron chi connectivity index (χ3n) is 2.29. The van der Waals surface area contributed by atoms with Gasteiger partial charge in [0.1, 0.15) is 0 Å². The Morgan fingerprint density at radius 2 is 2.13 bits per heavy atom. The average Bonchev–Trinajstić information content (AvgIpc) is 2.14. The number of nitrogens with zero attached hydrogens (tertiary/aromatic N) is 2. The van der Waals surface area contributed by atoms with Gasteiger partial charge in [-0.25, -0.2) is 0 Å². The molecule has 3 nitrogen and oxygen atoms in total. The van der Waals surface area contributed by atoms with E-state index in [1.807, 2.05) is 33.0 Å². The first-order chi connectivity index (χ1) is 6.94. The Morgan fingerprint density at radius 1 is 1.47 bits per heavy atom. The van der Waals surface area contributed by atoms with Crippen molar-refractivity contribution >= 4 is 5.69 Å². The summed E-state index contributed by atoms with van der Waals surface area (Å²) in [6.07, 6.45) is 3.64. The molecule has 1 aromatic heterocycles. The van der Waals surface area contributed by atoms with Crippen LogP contribution in [0.25, 0.3) is 0 Å². The quantitative estimate of drug-likeness (QED) is 0.822. The lowest BCUT2D eigenvalue weighted by Gasteiger charge is -2.30. The number of aliphatic hydroxyl groups is 1. The second-order valence-corrected chi connectivity index (χ2v) is 4.49. The van der Waals surface area contributed by atoms with Crippen LogP contribution in [0, 0.1) is 6.92 Å². The average molecular weight is 208 g/mol. The monoisotopic (exact) mass is 208 g/mol. The Hall–Kier alpha value is -1.09. The van der Waals surface area contributed by atoms with Gasteiger partial charge >= 0.3 is 0 Å². The minimum absolute atomic E-state index is 0.633. The van der Waals surface area contributed by atoms with Gasteiger partial charge in [0.15, 0.2) is 0 Å². The van der Waals surface area contributed by atoms with Gasteiger partial charge in [-0.1, -0.05) is 0 Å². The van der Waals surface area contributed by atoms with Crippen LogP contribution in [-0.2, 0) is 0 Å². The summed E-state index contributed by atoms with van der Waals surface area (Å²) in [5, 5.41) is 9.81. The summed E-state index contributed by atoms with van der Waals surface area (Å²) < 4.78 is 0. The molecule has 0 aliphatic carbocycles. The van der Waals surface area contributed by atoms with Crippen molar-refractivity contribution in [3.63, 3.8) is 0 Å². The number of pyridine rings is 1. The third kappa shape index (κ3) is 3.51. The molecule has 0 atom stereocenters. The van der Waals surface area contributed by atoms with E-state index < -0.39 is 5.60 Å². The molecule has 1 aromatic rings. The maximum absolute atomic E-state index is 9.81. The van der Waals surface area contributed by atoms with E-state index in [0.717, 1.165) is 17.8 Å². The summed E-state index contributed by atoms with van der Waals surface area (Å²) in [5.74, 6) is 0. The molecule has 1 heterocycles. The topological polar surface area (TPSA) is 36.4 Å². The molecule has 0 aliphatic heterocycles. The molecule has 0 amide bonds. The number of hydrogen-bond donors (Lipinski definition) is 1. The third-order valence-corrected chi connectivity index (χ3v) is 2.29. The Morgan fingerprint density at radius 3 is 2.60 bits per heavy atom. The minimum Gasteiger partial charge on any atom is -0.389 e. The fourth-order valence-corrected chi connectivity index (χ4v) is 1.66. The Labute approximate surface area is 91.8 Å². The van der Waals surface area contributed by atoms with Crippen LogP contribution in [-0.4, -0.2) is 28.8 Å². The molecule has 15 heavy (non-hydrogen) atoms. The van der Waals surface area contributed by atoms with Crippen molar-refractivity contribution in [2.45, 2.75) is 33.3 Å². The molecule has 1 rings (SSSR count). The van der Waals surface area contributed by atoms with Gasteiger partial charge in [0.25, 0.3) is 0 Å². The smallest absolute Gasteiger partial charge is 0.0765 e. The number of anilines is 1. The Kier molecular flexibility index (Phi) is 3.69. The molecule has 0 saturated heterocycles. The van der Waals surface area contributed by atoms with Crippen molar-refractivity contribution in [1.82, 2.24) is 4.98 Å². The van der Waals surface area contributed by atoms with Crippen molar-refractivity contribution in [3.05, 3.63) is 24.0 Å². The largest absolute Gasteiger partial charge is 0.389 e. The van der Waals surface area contributed by atoms with Gasteiger partial charge in [0.2, 0.25) is 0 Å². The number of likely N-dealkylation sites (N-methyl/N-ethyl adjacent to an activating group) is 1. The zero-order chi connectivity index (χ0) is 11.5. The predicted molar refractivity (Wildman–Crippen MR) is 63.2 cm³/mol. The van der Waals surface area contributed by atoms with Gasteiger partial charge in [-0.3, -0.25) is 4.98 Å². The second-order valence-electron chi connectivity index (χ2n) is 4.49. The first-order valence-electron chi connectivity index (χ1n) is 5.32. The molecular formula is C12H20N2O. The standard InChI is InChI=1S/C12H20N2O/c1-5-14(9-12(3,4)15)11-6-7-13-8-10(11)2/h6-8,15H,5,9H2,1-4H3. The molecule has 1 N–H and O–H groups in total. The fourth-order valence-electron chi connectivity index (χ4n) is 1.66. The fraction of sp³-hybridized carbons (Fsp3) is 0.583. The van der Waals surface area contributed by atoms with Gasteiger partial charge in [-0.2, -0.15) is 0 Å². The van der Waals surface area contributed by atoms with Crippen LogP contribution in [0.2, 0.25) is 0 Å². The highest BCUT2D eigenvalue weighted by molar-refractivity contribution is 5.51. The molecule has 3 heteroatoms. The van der Waals surface area contributed by atoms with E-state index in [1.54, 1.807) is 6.20 Å². The Bertz CT molecular complexity index is 318. The van der Waals surface area contributed by atoms with E-state index in [1.165, 1.54) is 0 Å². The first-order valence-corrected chi connectivity index (χ1v) is 5.32. The zero-order valence-corrected chi connectivity index (χ0v) is 9.99. The van der Waals surface area contributed by atoms with Crippen molar-refractivity contribution in [1.29, 1.82) is 0 Å². The summed E-state index contributed by atoms with van der Waals surface area (Å²) in [5.41, 5.74) is 1.62. The molecule has 0 aliphatic rings. The summed E-state index contributed by atoms with van der Waals surface area (Å²) in [6, 6.07) is 1.99. The molecule has 0 spiro atoms. The summed E-state index contributed by atoms with van der Waals surface area (Å²) >= 11 is 0. The van der Waals surface area contributed by atoms with E-state index in [0.29, 0.717) is 6.54 Å². The van der Waals surface area contributed by atoms with Crippen LogP contribution in [0.1, 0.15) is 26.3 Å². The van der Waals surface area contributed by atoms with E-state index >= 15 is 0 Å². The molecule has 84 valence electrons. The zero-order valence-electron chi connectivity index (χ0n) is 9.99. The van der Waals surface area contributed by atoms with Gasteiger partial charge in [-0.15, -0.1) is 0 Å². The molecule has 0 fully saturated rings. The molecule has 0 bridgehead atoms. The molecule has 0 unspecified atom stereocenters. The first kappa shape index (κ1) is 12.0. The van der Waals surface area contributed by atoms with Gasteiger partial charge in [0, 0.05) is 31.2 Å². The van der Waals surface area contributed by atoms with Crippen LogP contribution >= 0.6 is 0 Å². The van der Waals surface area contributed by atoms with Crippen LogP contribution in [0.4, 0.5) is 5.69 Å². The van der Waals surface area contributed by atoms with Gasteiger partial charge in [0.05, 0.1) is 5.60 Å². The minimum atomic E-state index is -0.675. The molecule has 0 radical (unpaired) electrons. The van der Waals surface area contributed by atoms with E-state index in [9.17, 15) is 5.11 Å². The highest BCUT2D eigenvalue weighted by atomic mass is 16.3. The predicted octanol–water partition coefficient (Wildman–Crippen LogP) is 1.99. The lowest BCUT2D eigenvalue weighted by molar-refractivity contribution is 0.0875. The van der Waals surface area contributed by atoms with E-state index in [4.69, 9.17) is 0 Å². The van der Waals surface area contributed by atoms with Crippen LogP contribution in [0.5, 0.6) is 0 Å². The lowest BCUT2D eigenvalue weighted by atomic mass is 10.1. The van der Waals surface area contributed by atoms with Crippen molar-refractivity contribution in [2.24, 2.45) is 0 Å². The Balaban J connectivity index is 2.88. The van der Waals surface area contributed by atoms with E-state index in [-0.39, 0.29) is 0 Å². The van der Waals surface area contributed by atoms with Crippen molar-refractivity contribution in [2.75, 3.05) is 18.0 Å². The number of hydrogen-bond acceptors (Lipinski definition) is 3. The number of aryl methyl sites for hydroxylation is 1.